The second-order valence-corrected chi connectivity index (χ2v) is 10.6. The number of benzene rings is 3. The Morgan fingerprint density at radius 2 is 1.14 bits per heavy atom. The summed E-state index contributed by atoms with van der Waals surface area (Å²) < 4.78 is 23.1. The summed E-state index contributed by atoms with van der Waals surface area (Å²) in [6, 6.07) is 13.0. The maximum Gasteiger partial charge on any atom is 0.344 e. The second kappa shape index (κ2) is 12.0. The van der Waals surface area contributed by atoms with Crippen LogP contribution in [-0.2, 0) is 19.1 Å². The molecule has 3 aromatic rings. The molecule has 0 heterocycles. The van der Waals surface area contributed by atoms with Crippen molar-refractivity contribution in [1.82, 2.24) is 0 Å². The van der Waals surface area contributed by atoms with Gasteiger partial charge < -0.3 is 18.9 Å². The molecule has 0 N–H and O–H groups in total. The van der Waals surface area contributed by atoms with Gasteiger partial charge in [-0.1, -0.05) is 61.5 Å². The Morgan fingerprint density at radius 1 is 0.676 bits per heavy atom. The molecule has 0 atom stereocenters. The maximum atomic E-state index is 12.5. The lowest BCUT2D eigenvalue weighted by molar-refractivity contribution is -0.148. The van der Waals surface area contributed by atoms with Crippen molar-refractivity contribution < 1.29 is 28.5 Å². The molecule has 2 saturated carbocycles. The molecule has 2 aliphatic rings. The van der Waals surface area contributed by atoms with Crippen LogP contribution in [0.4, 0.5) is 0 Å². The Bertz CT molecular complexity index is 1260. The SMILES string of the molecule is O=C(COc1c2ccccc2c(OCC(=O)OCC2CCCC2)c2cc(Cl)ccc12)OCC1CCCC1. The van der Waals surface area contributed by atoms with E-state index in [2.05, 4.69) is 0 Å². The van der Waals surface area contributed by atoms with Crippen LogP contribution in [0.2, 0.25) is 5.02 Å². The number of ether oxygens (including phenoxy) is 4. The Labute approximate surface area is 222 Å². The van der Waals surface area contributed by atoms with E-state index in [1.54, 1.807) is 12.1 Å². The van der Waals surface area contributed by atoms with Crippen molar-refractivity contribution in [3.63, 3.8) is 0 Å². The highest BCUT2D eigenvalue weighted by Crippen LogP contribution is 2.43. The normalized spacial score (nSPS) is 16.4. The topological polar surface area (TPSA) is 71.1 Å². The van der Waals surface area contributed by atoms with E-state index in [1.807, 2.05) is 30.3 Å². The van der Waals surface area contributed by atoms with Crippen LogP contribution in [0.1, 0.15) is 51.4 Å². The highest BCUT2D eigenvalue weighted by atomic mass is 35.5. The summed E-state index contributed by atoms with van der Waals surface area (Å²) in [6.07, 6.45) is 9.24. The zero-order valence-electron chi connectivity index (χ0n) is 21.0. The van der Waals surface area contributed by atoms with Crippen LogP contribution in [0.25, 0.3) is 21.5 Å². The summed E-state index contributed by atoms with van der Waals surface area (Å²) in [7, 11) is 0. The third-order valence-corrected chi connectivity index (χ3v) is 7.70. The molecule has 0 radical (unpaired) electrons. The lowest BCUT2D eigenvalue weighted by atomic mass is 10.0. The minimum atomic E-state index is -0.392. The first-order valence-electron chi connectivity index (χ1n) is 13.3. The van der Waals surface area contributed by atoms with Crippen molar-refractivity contribution in [1.29, 1.82) is 0 Å². The van der Waals surface area contributed by atoms with Crippen LogP contribution in [0.5, 0.6) is 11.5 Å². The third kappa shape index (κ3) is 6.30. The minimum Gasteiger partial charge on any atom is -0.481 e. The average Bonchev–Trinajstić information content (AvgIpc) is 3.63. The first-order chi connectivity index (χ1) is 18.1. The van der Waals surface area contributed by atoms with E-state index in [9.17, 15) is 9.59 Å². The quantitative estimate of drug-likeness (QED) is 0.213. The van der Waals surface area contributed by atoms with E-state index in [4.69, 9.17) is 30.5 Å². The van der Waals surface area contributed by atoms with Gasteiger partial charge in [0.25, 0.3) is 0 Å². The lowest BCUT2D eigenvalue weighted by Crippen LogP contribution is -2.19. The smallest absolute Gasteiger partial charge is 0.344 e. The van der Waals surface area contributed by atoms with Gasteiger partial charge in [0.15, 0.2) is 13.2 Å². The summed E-state index contributed by atoms with van der Waals surface area (Å²) in [5.41, 5.74) is 0. The van der Waals surface area contributed by atoms with E-state index >= 15 is 0 Å². The molecule has 7 heteroatoms. The molecular formula is C30H33ClO6. The van der Waals surface area contributed by atoms with Crippen molar-refractivity contribution in [2.24, 2.45) is 11.8 Å². The van der Waals surface area contributed by atoms with Gasteiger partial charge >= 0.3 is 11.9 Å². The fraction of sp³-hybridized carbons (Fsp3) is 0.467. The predicted molar refractivity (Wildman–Crippen MR) is 143 cm³/mol. The van der Waals surface area contributed by atoms with Gasteiger partial charge in [0.2, 0.25) is 0 Å². The zero-order chi connectivity index (χ0) is 25.6. The molecule has 2 aliphatic carbocycles. The molecule has 0 aromatic heterocycles. The van der Waals surface area contributed by atoms with E-state index in [0.29, 0.717) is 47.0 Å². The Morgan fingerprint density at radius 3 is 1.65 bits per heavy atom. The molecule has 0 amide bonds. The van der Waals surface area contributed by atoms with Gasteiger partial charge in [-0.15, -0.1) is 0 Å². The largest absolute Gasteiger partial charge is 0.481 e. The van der Waals surface area contributed by atoms with Gasteiger partial charge in [-0.3, -0.25) is 0 Å². The van der Waals surface area contributed by atoms with Crippen LogP contribution >= 0.6 is 11.6 Å². The first kappa shape index (κ1) is 25.7. The van der Waals surface area contributed by atoms with Crippen LogP contribution in [-0.4, -0.2) is 38.4 Å². The van der Waals surface area contributed by atoms with Gasteiger partial charge in [-0.25, -0.2) is 9.59 Å². The van der Waals surface area contributed by atoms with Crippen LogP contribution < -0.4 is 9.47 Å². The zero-order valence-corrected chi connectivity index (χ0v) is 21.8. The second-order valence-electron chi connectivity index (χ2n) is 10.1. The highest BCUT2D eigenvalue weighted by Gasteiger charge is 2.21. The summed E-state index contributed by atoms with van der Waals surface area (Å²) in [5, 5.41) is 3.49. The van der Waals surface area contributed by atoms with Crippen molar-refractivity contribution in [3.05, 3.63) is 47.5 Å². The molecule has 0 unspecified atom stereocenters. The van der Waals surface area contributed by atoms with Gasteiger partial charge in [-0.2, -0.15) is 0 Å². The fourth-order valence-corrected chi connectivity index (χ4v) is 5.68. The Hall–Kier alpha value is -2.99. The molecular weight excluding hydrogens is 492 g/mol. The van der Waals surface area contributed by atoms with E-state index in [1.165, 1.54) is 25.7 Å². The molecule has 0 saturated heterocycles. The Kier molecular flexibility index (Phi) is 8.34. The van der Waals surface area contributed by atoms with Crippen molar-refractivity contribution in [3.8, 4) is 11.5 Å². The third-order valence-electron chi connectivity index (χ3n) is 7.47. The predicted octanol–water partition coefficient (Wildman–Crippen LogP) is 6.87. The first-order valence-corrected chi connectivity index (χ1v) is 13.7. The standard InChI is InChI=1S/C30H33ClO6/c31-22-13-14-25-26(15-22)30(37-19-28(33)35-17-21-9-3-4-10-21)24-12-6-5-11-23(24)29(25)36-18-27(32)34-16-20-7-1-2-8-20/h5-6,11-15,20-21H,1-4,7-10,16-19H2. The van der Waals surface area contributed by atoms with Gasteiger partial charge in [0.1, 0.15) is 11.5 Å². The van der Waals surface area contributed by atoms with Crippen molar-refractivity contribution >= 4 is 45.1 Å². The number of halogens is 1. The van der Waals surface area contributed by atoms with Crippen molar-refractivity contribution in [2.75, 3.05) is 26.4 Å². The van der Waals surface area contributed by atoms with Gasteiger partial charge in [0.05, 0.1) is 13.2 Å². The lowest BCUT2D eigenvalue weighted by Gasteiger charge is -2.18. The monoisotopic (exact) mass is 524 g/mol. The van der Waals surface area contributed by atoms with Crippen LogP contribution in [0, 0.1) is 11.8 Å². The molecule has 37 heavy (non-hydrogen) atoms. The number of esters is 2. The van der Waals surface area contributed by atoms with E-state index < -0.39 is 5.97 Å². The average molecular weight is 525 g/mol. The number of hydrogen-bond donors (Lipinski definition) is 0. The number of fused-ring (bicyclic) bond motifs is 2. The molecule has 0 aliphatic heterocycles. The summed E-state index contributed by atoms with van der Waals surface area (Å²) in [6.45, 7) is 0.496. The molecule has 2 fully saturated rings. The van der Waals surface area contributed by atoms with Gasteiger partial charge in [-0.05, 0) is 55.7 Å². The minimum absolute atomic E-state index is 0.192. The number of carbonyl (C=O) groups is 2. The van der Waals surface area contributed by atoms with Crippen LogP contribution in [0.3, 0.4) is 0 Å². The van der Waals surface area contributed by atoms with Crippen molar-refractivity contribution in [2.45, 2.75) is 51.4 Å². The maximum absolute atomic E-state index is 12.5. The number of hydrogen-bond acceptors (Lipinski definition) is 6. The van der Waals surface area contributed by atoms with Crippen LogP contribution in [0.15, 0.2) is 42.5 Å². The summed E-state index contributed by atoms with van der Waals surface area (Å²) >= 11 is 6.35. The molecule has 6 nitrogen and oxygen atoms in total. The molecule has 0 spiro atoms. The highest BCUT2D eigenvalue weighted by molar-refractivity contribution is 6.31. The number of rotatable bonds is 10. The molecule has 0 bridgehead atoms. The summed E-state index contributed by atoms with van der Waals surface area (Å²) in [4.78, 5) is 24.9. The van der Waals surface area contributed by atoms with E-state index in [0.717, 1.165) is 41.8 Å². The fourth-order valence-electron chi connectivity index (χ4n) is 5.50. The molecule has 3 aromatic carbocycles. The molecule has 196 valence electrons. The molecule has 5 rings (SSSR count). The van der Waals surface area contributed by atoms with E-state index in [-0.39, 0.29) is 19.2 Å². The summed E-state index contributed by atoms with van der Waals surface area (Å²) in [5.74, 6) is 1.21. The Balaban J connectivity index is 1.35. The van der Waals surface area contributed by atoms with Gasteiger partial charge in [0, 0.05) is 26.6 Å². The number of carbonyl (C=O) groups excluding carboxylic acids is 2.